The molecule has 1 aliphatic rings. The van der Waals surface area contributed by atoms with Gasteiger partial charge in [-0.2, -0.15) is 5.10 Å². The lowest BCUT2D eigenvalue weighted by atomic mass is 10.1. The number of sulfone groups is 1. The average Bonchev–Trinajstić information content (AvgIpc) is 3.35. The van der Waals surface area contributed by atoms with Crippen molar-refractivity contribution in [1.82, 2.24) is 14.7 Å². The largest absolute Gasteiger partial charge is 0.338 e. The normalized spacial score (nSPS) is 17.6. The highest BCUT2D eigenvalue weighted by Crippen LogP contribution is 2.25. The molecule has 1 atom stereocenters. The second-order valence-electron chi connectivity index (χ2n) is 8.32. The van der Waals surface area contributed by atoms with Gasteiger partial charge in [-0.05, 0) is 25.0 Å². The third-order valence-corrected chi connectivity index (χ3v) is 7.56. The number of hydrogen-bond donors (Lipinski definition) is 0. The van der Waals surface area contributed by atoms with Gasteiger partial charge in [-0.15, -0.1) is 0 Å². The smallest absolute Gasteiger partial charge is 0.246 e. The predicted molar refractivity (Wildman–Crippen MR) is 127 cm³/mol. The van der Waals surface area contributed by atoms with Crippen LogP contribution in [0, 0.1) is 6.92 Å². The Morgan fingerprint density at radius 2 is 1.88 bits per heavy atom. The molecule has 0 spiro atoms. The molecule has 4 rings (SSSR count). The fraction of sp³-hybridized carbons (Fsp3) is 0.280. The molecule has 0 unspecified atom stereocenters. The van der Waals surface area contributed by atoms with Gasteiger partial charge in [-0.3, -0.25) is 9.48 Å². The summed E-state index contributed by atoms with van der Waals surface area (Å²) in [5.74, 6) is -0.0343. The molecule has 0 saturated carbocycles. The van der Waals surface area contributed by atoms with Gasteiger partial charge in [0.1, 0.15) is 0 Å². The first-order valence-electron chi connectivity index (χ1n) is 10.6. The molecule has 1 aromatic heterocycles. The number of carbonyl (C=O) groups is 1. The molecular weight excluding hydrogens is 422 g/mol. The number of likely N-dealkylation sites (N-methyl/N-ethyl adjacent to an activating group) is 1. The van der Waals surface area contributed by atoms with Crippen molar-refractivity contribution in [1.29, 1.82) is 0 Å². The fourth-order valence-corrected chi connectivity index (χ4v) is 5.66. The molecule has 1 saturated heterocycles. The van der Waals surface area contributed by atoms with E-state index in [2.05, 4.69) is 12.1 Å². The van der Waals surface area contributed by atoms with Crippen LogP contribution in [0.3, 0.4) is 0 Å². The SMILES string of the molecule is Cc1ccc(-c2nn(Cc3ccccc3)cc2/C=C/C(=O)N(C)[C@@H]2CCS(=O)(=O)C2)cc1. The summed E-state index contributed by atoms with van der Waals surface area (Å²) in [5.41, 5.74) is 4.92. The molecule has 0 radical (unpaired) electrons. The second kappa shape index (κ2) is 9.12. The van der Waals surface area contributed by atoms with Crippen LogP contribution >= 0.6 is 0 Å². The molecule has 1 aliphatic heterocycles. The maximum Gasteiger partial charge on any atom is 0.246 e. The van der Waals surface area contributed by atoms with Crippen molar-refractivity contribution in [3.8, 4) is 11.3 Å². The molecule has 7 heteroatoms. The van der Waals surface area contributed by atoms with Gasteiger partial charge in [0.25, 0.3) is 0 Å². The first-order chi connectivity index (χ1) is 15.3. The van der Waals surface area contributed by atoms with Gasteiger partial charge < -0.3 is 4.90 Å². The van der Waals surface area contributed by atoms with Crippen LogP contribution in [0.15, 0.2) is 66.9 Å². The van der Waals surface area contributed by atoms with Crippen LogP contribution < -0.4 is 0 Å². The Kier molecular flexibility index (Phi) is 6.28. The fourth-order valence-electron chi connectivity index (χ4n) is 3.89. The topological polar surface area (TPSA) is 72.3 Å². The van der Waals surface area contributed by atoms with Gasteiger partial charge in [0.05, 0.1) is 23.7 Å². The van der Waals surface area contributed by atoms with Crippen LogP contribution in [0.1, 0.15) is 23.1 Å². The maximum atomic E-state index is 12.7. The van der Waals surface area contributed by atoms with Crippen LogP contribution in [0.2, 0.25) is 0 Å². The second-order valence-corrected chi connectivity index (χ2v) is 10.6. The minimum Gasteiger partial charge on any atom is -0.338 e. The number of hydrogen-bond acceptors (Lipinski definition) is 4. The molecule has 2 heterocycles. The minimum absolute atomic E-state index is 0.0344. The van der Waals surface area contributed by atoms with E-state index >= 15 is 0 Å². The van der Waals surface area contributed by atoms with E-state index in [1.54, 1.807) is 13.1 Å². The van der Waals surface area contributed by atoms with Crippen molar-refractivity contribution in [2.24, 2.45) is 0 Å². The molecule has 166 valence electrons. The Morgan fingerprint density at radius 1 is 1.16 bits per heavy atom. The average molecular weight is 450 g/mol. The van der Waals surface area contributed by atoms with E-state index in [-0.39, 0.29) is 23.5 Å². The van der Waals surface area contributed by atoms with Crippen LogP contribution in [-0.4, -0.2) is 53.6 Å². The molecule has 0 N–H and O–H groups in total. The van der Waals surface area contributed by atoms with Crippen LogP contribution in [0.4, 0.5) is 0 Å². The Labute approximate surface area is 189 Å². The Balaban J connectivity index is 1.59. The van der Waals surface area contributed by atoms with E-state index in [4.69, 9.17) is 5.10 Å². The lowest BCUT2D eigenvalue weighted by Gasteiger charge is -2.21. The number of aryl methyl sites for hydroxylation is 1. The van der Waals surface area contributed by atoms with E-state index in [1.165, 1.54) is 11.0 Å². The Morgan fingerprint density at radius 3 is 2.53 bits per heavy atom. The van der Waals surface area contributed by atoms with Crippen molar-refractivity contribution in [3.63, 3.8) is 0 Å². The van der Waals surface area contributed by atoms with Crippen molar-refractivity contribution in [3.05, 3.63) is 83.6 Å². The molecule has 1 fully saturated rings. The summed E-state index contributed by atoms with van der Waals surface area (Å²) in [7, 11) is -1.38. The number of carbonyl (C=O) groups excluding carboxylic acids is 1. The highest BCUT2D eigenvalue weighted by molar-refractivity contribution is 7.91. The number of rotatable bonds is 6. The van der Waals surface area contributed by atoms with Gasteiger partial charge in [0, 0.05) is 36.5 Å². The third-order valence-electron chi connectivity index (χ3n) is 5.81. The van der Waals surface area contributed by atoms with E-state index in [0.29, 0.717) is 13.0 Å². The monoisotopic (exact) mass is 449 g/mol. The van der Waals surface area contributed by atoms with Gasteiger partial charge in [0.2, 0.25) is 5.91 Å². The predicted octanol–water partition coefficient (Wildman–Crippen LogP) is 3.57. The molecule has 3 aromatic rings. The van der Waals surface area contributed by atoms with Crippen molar-refractivity contribution in [2.75, 3.05) is 18.6 Å². The zero-order chi connectivity index (χ0) is 22.7. The number of benzene rings is 2. The highest BCUT2D eigenvalue weighted by atomic mass is 32.2. The summed E-state index contributed by atoms with van der Waals surface area (Å²) in [4.78, 5) is 14.3. The lowest BCUT2D eigenvalue weighted by Crippen LogP contribution is -2.36. The number of amides is 1. The summed E-state index contributed by atoms with van der Waals surface area (Å²) in [6.07, 6.45) is 5.70. The van der Waals surface area contributed by atoms with Crippen molar-refractivity contribution < 1.29 is 13.2 Å². The summed E-state index contributed by atoms with van der Waals surface area (Å²) in [5, 5.41) is 4.79. The Bertz CT molecular complexity index is 1230. The molecule has 0 aliphatic carbocycles. The molecule has 6 nitrogen and oxygen atoms in total. The summed E-state index contributed by atoms with van der Waals surface area (Å²) >= 11 is 0. The zero-order valence-electron chi connectivity index (χ0n) is 18.3. The van der Waals surface area contributed by atoms with Crippen LogP contribution in [0.25, 0.3) is 17.3 Å². The van der Waals surface area contributed by atoms with E-state index < -0.39 is 9.84 Å². The van der Waals surface area contributed by atoms with E-state index in [1.807, 2.05) is 60.3 Å². The first kappa shape index (κ1) is 22.0. The van der Waals surface area contributed by atoms with Gasteiger partial charge in [0.15, 0.2) is 9.84 Å². The molecule has 1 amide bonds. The van der Waals surface area contributed by atoms with Gasteiger partial charge >= 0.3 is 0 Å². The number of nitrogens with zero attached hydrogens (tertiary/aromatic N) is 3. The highest BCUT2D eigenvalue weighted by Gasteiger charge is 2.32. The number of aromatic nitrogens is 2. The molecular formula is C25H27N3O3S. The van der Waals surface area contributed by atoms with E-state index in [0.717, 1.165) is 27.9 Å². The molecule has 0 bridgehead atoms. The van der Waals surface area contributed by atoms with Crippen molar-refractivity contribution >= 4 is 21.8 Å². The van der Waals surface area contributed by atoms with E-state index in [9.17, 15) is 13.2 Å². The Hall–Kier alpha value is -3.19. The van der Waals surface area contributed by atoms with Crippen LogP contribution in [0.5, 0.6) is 0 Å². The first-order valence-corrected chi connectivity index (χ1v) is 12.5. The zero-order valence-corrected chi connectivity index (χ0v) is 19.1. The maximum absolute atomic E-state index is 12.7. The summed E-state index contributed by atoms with van der Waals surface area (Å²) in [6, 6.07) is 17.9. The standard InChI is InChI=1S/C25H27N3O3S/c1-19-8-10-21(11-9-19)25-22(17-28(26-25)16-20-6-4-3-5-7-20)12-13-24(29)27(2)23-14-15-32(30,31)18-23/h3-13,17,23H,14-16,18H2,1-2H3/b13-12+/t23-/m1/s1. The van der Waals surface area contributed by atoms with Crippen LogP contribution in [-0.2, 0) is 21.2 Å². The van der Waals surface area contributed by atoms with Crippen molar-refractivity contribution in [2.45, 2.75) is 25.9 Å². The lowest BCUT2D eigenvalue weighted by molar-refractivity contribution is -0.126. The molecule has 2 aromatic carbocycles. The summed E-state index contributed by atoms with van der Waals surface area (Å²) < 4.78 is 25.4. The quantitative estimate of drug-likeness (QED) is 0.540. The van der Waals surface area contributed by atoms with Gasteiger partial charge in [-0.1, -0.05) is 60.2 Å². The van der Waals surface area contributed by atoms with Gasteiger partial charge in [-0.25, -0.2) is 8.42 Å². The third kappa shape index (κ3) is 5.16. The summed E-state index contributed by atoms with van der Waals surface area (Å²) in [6.45, 7) is 2.66. The molecule has 32 heavy (non-hydrogen) atoms. The minimum atomic E-state index is -3.05.